The van der Waals surface area contributed by atoms with Gasteiger partial charge in [-0.25, -0.2) is 0 Å². The van der Waals surface area contributed by atoms with Gasteiger partial charge in [-0.1, -0.05) is 12.8 Å². The average molecular weight is 138 g/mol. The van der Waals surface area contributed by atoms with Crippen molar-refractivity contribution >= 4 is 6.21 Å². The van der Waals surface area contributed by atoms with Gasteiger partial charge in [0.05, 0.1) is 6.67 Å². The van der Waals surface area contributed by atoms with Gasteiger partial charge in [0.2, 0.25) is 0 Å². The zero-order valence-corrected chi connectivity index (χ0v) is 6.21. The summed E-state index contributed by atoms with van der Waals surface area (Å²) in [6, 6.07) is 0.756. The number of fused-ring (bicyclic) bond motifs is 1. The summed E-state index contributed by atoms with van der Waals surface area (Å²) >= 11 is 0. The number of nitrogens with one attached hydrogen (secondary N) is 1. The van der Waals surface area contributed by atoms with Gasteiger partial charge >= 0.3 is 0 Å². The predicted octanol–water partition coefficient (Wildman–Crippen LogP) is 1.18. The average Bonchev–Trinajstić information content (AvgIpc) is 2.05. The van der Waals surface area contributed by atoms with Gasteiger partial charge < -0.3 is 0 Å². The molecule has 0 radical (unpaired) electrons. The summed E-state index contributed by atoms with van der Waals surface area (Å²) in [5.41, 5.74) is 0. The lowest BCUT2D eigenvalue weighted by Gasteiger charge is -2.31. The molecule has 1 saturated carbocycles. The molecule has 1 aliphatic carbocycles. The van der Waals surface area contributed by atoms with Crippen LogP contribution in [0.2, 0.25) is 0 Å². The molecule has 2 atom stereocenters. The van der Waals surface area contributed by atoms with Crippen LogP contribution in [0.1, 0.15) is 25.7 Å². The molecule has 56 valence electrons. The van der Waals surface area contributed by atoms with Gasteiger partial charge in [-0.3, -0.25) is 10.3 Å². The number of hydrogen-bond donors (Lipinski definition) is 1. The molecule has 0 saturated heterocycles. The second-order valence-electron chi connectivity index (χ2n) is 3.25. The summed E-state index contributed by atoms with van der Waals surface area (Å²) in [6.45, 7) is 0.848. The van der Waals surface area contributed by atoms with E-state index in [2.05, 4.69) is 16.5 Å². The third-order valence-corrected chi connectivity index (χ3v) is 2.56. The number of hydrogen-bond acceptors (Lipinski definition) is 2. The zero-order chi connectivity index (χ0) is 6.81. The highest BCUT2D eigenvalue weighted by molar-refractivity contribution is 5.62. The van der Waals surface area contributed by atoms with Gasteiger partial charge in [-0.05, 0) is 12.8 Å². The first kappa shape index (κ1) is 6.35. The van der Waals surface area contributed by atoms with Crippen molar-refractivity contribution in [3.63, 3.8) is 0 Å². The molecule has 0 aromatic heterocycles. The minimum Gasteiger partial charge on any atom is -0.295 e. The standard InChI is InChI=1S/C8H14N2/c1-2-4-8-7(3-1)5-9-6-10-8/h5,7-8,10H,1-4,6H2. The Morgan fingerprint density at radius 2 is 2.20 bits per heavy atom. The van der Waals surface area contributed by atoms with Gasteiger partial charge in [0, 0.05) is 18.2 Å². The molecular weight excluding hydrogens is 124 g/mol. The van der Waals surface area contributed by atoms with Crippen LogP contribution in [0.15, 0.2) is 4.99 Å². The largest absolute Gasteiger partial charge is 0.295 e. The van der Waals surface area contributed by atoms with Crippen LogP contribution in [0.4, 0.5) is 0 Å². The quantitative estimate of drug-likeness (QED) is 0.534. The van der Waals surface area contributed by atoms with Crippen LogP contribution in [0.25, 0.3) is 0 Å². The number of rotatable bonds is 0. The van der Waals surface area contributed by atoms with Crippen molar-refractivity contribution in [1.82, 2.24) is 5.32 Å². The second kappa shape index (κ2) is 2.70. The van der Waals surface area contributed by atoms with Crippen molar-refractivity contribution in [2.75, 3.05) is 6.67 Å². The van der Waals surface area contributed by atoms with Crippen LogP contribution in [-0.4, -0.2) is 18.9 Å². The molecule has 2 heteroatoms. The van der Waals surface area contributed by atoms with Crippen LogP contribution in [0.3, 0.4) is 0 Å². The summed E-state index contributed by atoms with van der Waals surface area (Å²) < 4.78 is 0. The Hall–Kier alpha value is -0.370. The van der Waals surface area contributed by atoms with Gasteiger partial charge in [-0.2, -0.15) is 0 Å². The fourth-order valence-corrected chi connectivity index (χ4v) is 1.95. The molecule has 0 bridgehead atoms. The highest BCUT2D eigenvalue weighted by Gasteiger charge is 2.24. The van der Waals surface area contributed by atoms with E-state index in [0.29, 0.717) is 0 Å². The molecule has 1 heterocycles. The molecule has 1 aliphatic heterocycles. The molecule has 2 aliphatic rings. The van der Waals surface area contributed by atoms with Crippen molar-refractivity contribution in [2.24, 2.45) is 10.9 Å². The molecule has 2 rings (SSSR count). The smallest absolute Gasteiger partial charge is 0.0882 e. The van der Waals surface area contributed by atoms with Crippen molar-refractivity contribution in [3.05, 3.63) is 0 Å². The molecule has 0 amide bonds. The molecule has 1 fully saturated rings. The van der Waals surface area contributed by atoms with Crippen molar-refractivity contribution in [1.29, 1.82) is 0 Å². The van der Waals surface area contributed by atoms with Crippen molar-refractivity contribution in [3.8, 4) is 0 Å². The van der Waals surface area contributed by atoms with Crippen molar-refractivity contribution in [2.45, 2.75) is 31.7 Å². The highest BCUT2D eigenvalue weighted by Crippen LogP contribution is 2.24. The minimum absolute atomic E-state index is 0.752. The summed E-state index contributed by atoms with van der Waals surface area (Å²) in [7, 11) is 0. The molecule has 0 aromatic carbocycles. The van der Waals surface area contributed by atoms with Gasteiger partial charge in [0.1, 0.15) is 0 Å². The van der Waals surface area contributed by atoms with E-state index >= 15 is 0 Å². The van der Waals surface area contributed by atoms with E-state index in [1.54, 1.807) is 0 Å². The van der Waals surface area contributed by atoms with Gasteiger partial charge in [0.15, 0.2) is 0 Å². The lowest BCUT2D eigenvalue weighted by atomic mass is 9.85. The predicted molar refractivity (Wildman–Crippen MR) is 42.2 cm³/mol. The Labute approximate surface area is 61.7 Å². The highest BCUT2D eigenvalue weighted by atomic mass is 15.1. The van der Waals surface area contributed by atoms with Crippen LogP contribution in [-0.2, 0) is 0 Å². The Kier molecular flexibility index (Phi) is 1.72. The van der Waals surface area contributed by atoms with Crippen LogP contribution in [0, 0.1) is 5.92 Å². The first-order valence-electron chi connectivity index (χ1n) is 4.20. The zero-order valence-electron chi connectivity index (χ0n) is 6.21. The lowest BCUT2D eigenvalue weighted by molar-refractivity contribution is 0.318. The normalized spacial score (nSPS) is 39.2. The monoisotopic (exact) mass is 138 g/mol. The van der Waals surface area contributed by atoms with Crippen molar-refractivity contribution < 1.29 is 0 Å². The topological polar surface area (TPSA) is 24.4 Å². The number of aliphatic imine (C=N–C) groups is 1. The summed E-state index contributed by atoms with van der Waals surface area (Å²) in [5, 5.41) is 3.42. The third-order valence-electron chi connectivity index (χ3n) is 2.56. The second-order valence-corrected chi connectivity index (χ2v) is 3.25. The Morgan fingerprint density at radius 1 is 1.30 bits per heavy atom. The molecule has 0 aromatic rings. The van der Waals surface area contributed by atoms with Crippen LogP contribution in [0.5, 0.6) is 0 Å². The first-order valence-corrected chi connectivity index (χ1v) is 4.20. The van der Waals surface area contributed by atoms with E-state index < -0.39 is 0 Å². The van der Waals surface area contributed by atoms with Gasteiger partial charge in [0.25, 0.3) is 0 Å². The Balaban J connectivity index is 2.03. The van der Waals surface area contributed by atoms with Crippen LogP contribution < -0.4 is 5.32 Å². The Bertz CT molecular complexity index is 142. The van der Waals surface area contributed by atoms with E-state index in [1.807, 2.05) is 0 Å². The fourth-order valence-electron chi connectivity index (χ4n) is 1.95. The molecule has 0 spiro atoms. The fraction of sp³-hybridized carbons (Fsp3) is 0.875. The van der Waals surface area contributed by atoms with Gasteiger partial charge in [-0.15, -0.1) is 0 Å². The lowest BCUT2D eigenvalue weighted by Crippen LogP contribution is -2.42. The SMILES string of the molecule is C1=NCNC2CCCCC12. The molecule has 1 N–H and O–H groups in total. The molecule has 10 heavy (non-hydrogen) atoms. The van der Waals surface area contributed by atoms with E-state index in [1.165, 1.54) is 25.7 Å². The molecule has 2 unspecified atom stereocenters. The van der Waals surface area contributed by atoms with E-state index in [4.69, 9.17) is 0 Å². The summed E-state index contributed by atoms with van der Waals surface area (Å²) in [4.78, 5) is 4.23. The van der Waals surface area contributed by atoms with Crippen LogP contribution >= 0.6 is 0 Å². The minimum atomic E-state index is 0.752. The maximum Gasteiger partial charge on any atom is 0.0882 e. The third kappa shape index (κ3) is 1.08. The Morgan fingerprint density at radius 3 is 3.10 bits per heavy atom. The summed E-state index contributed by atoms with van der Waals surface area (Å²) in [5.74, 6) is 0.752. The maximum absolute atomic E-state index is 4.23. The number of nitrogens with zero attached hydrogens (tertiary/aromatic N) is 1. The summed E-state index contributed by atoms with van der Waals surface area (Å²) in [6.07, 6.45) is 7.66. The molecule has 2 nitrogen and oxygen atoms in total. The first-order chi connectivity index (χ1) is 4.97. The molecular formula is C8H14N2. The van der Waals surface area contributed by atoms with E-state index in [0.717, 1.165) is 18.6 Å². The van der Waals surface area contributed by atoms with E-state index in [9.17, 15) is 0 Å². The maximum atomic E-state index is 4.23. The van der Waals surface area contributed by atoms with E-state index in [-0.39, 0.29) is 0 Å².